The Balaban J connectivity index is 4.33. The first-order valence-corrected chi connectivity index (χ1v) is 29.1. The van der Waals surface area contributed by atoms with Gasteiger partial charge in [-0.3, -0.25) is 14.4 Å². The van der Waals surface area contributed by atoms with E-state index in [0.717, 1.165) is 122 Å². The summed E-state index contributed by atoms with van der Waals surface area (Å²) >= 11 is 0. The number of carbonyl (C=O) groups excluding carboxylic acids is 3. The molecule has 0 saturated carbocycles. The SMILES string of the molecule is CC/C=C\C/C=C\C/C=C\C/C=C\C/C=C\C/C=C\CCCCCCCCC(=O)OCC(COC(=O)CCCCCCCCCCCCC)OC(=O)CCCCCCC/C=C\CCCCCCCC. The van der Waals surface area contributed by atoms with Crippen LogP contribution in [0.1, 0.15) is 278 Å². The minimum Gasteiger partial charge on any atom is -0.462 e. The van der Waals surface area contributed by atoms with E-state index in [1.54, 1.807) is 0 Å². The van der Waals surface area contributed by atoms with Gasteiger partial charge >= 0.3 is 17.9 Å². The fourth-order valence-electron chi connectivity index (χ4n) is 8.03. The minimum absolute atomic E-state index is 0.0825. The molecule has 6 nitrogen and oxygen atoms in total. The van der Waals surface area contributed by atoms with Crippen LogP contribution in [0.4, 0.5) is 0 Å². The predicted molar refractivity (Wildman–Crippen MR) is 297 cm³/mol. The molecule has 0 heterocycles. The van der Waals surface area contributed by atoms with Crippen LogP contribution in [0.15, 0.2) is 85.1 Å². The fraction of sp³-hybridized carbons (Fsp3) is 0.730. The van der Waals surface area contributed by atoms with Crippen molar-refractivity contribution in [2.45, 2.75) is 284 Å². The Kier molecular flexibility index (Phi) is 54.3. The van der Waals surface area contributed by atoms with Gasteiger partial charge in [0.05, 0.1) is 0 Å². The van der Waals surface area contributed by atoms with Crippen molar-refractivity contribution >= 4 is 17.9 Å². The second-order valence-corrected chi connectivity index (χ2v) is 19.2. The second kappa shape index (κ2) is 57.2. The van der Waals surface area contributed by atoms with Crippen LogP contribution in [0.2, 0.25) is 0 Å². The summed E-state index contributed by atoms with van der Waals surface area (Å²) in [7, 11) is 0. The number of unbranched alkanes of at least 4 members (excludes halogenated alkanes) is 27. The zero-order chi connectivity index (χ0) is 50.0. The summed E-state index contributed by atoms with van der Waals surface area (Å²) in [6.45, 7) is 6.51. The standard InChI is InChI=1S/C63H108O6/c1-4-7-10-13-16-19-22-24-26-27-28-29-30-31-32-33-34-35-37-38-41-44-47-50-53-56-62(65)68-59-60(58-67-61(64)55-52-49-46-43-40-21-18-15-12-9-6-3)69-63(66)57-54-51-48-45-42-39-36-25-23-20-17-14-11-8-5-2/h7,10,16,19,24-26,28-29,31-32,34-36,60H,4-6,8-9,11-15,17-18,20-23,27,30,33,37-59H2,1-3H3/b10-7-,19-16-,26-24-,29-28-,32-31-,35-34-,36-25-. The van der Waals surface area contributed by atoms with E-state index in [9.17, 15) is 14.4 Å². The van der Waals surface area contributed by atoms with Crippen molar-refractivity contribution in [1.29, 1.82) is 0 Å². The molecule has 0 aromatic heterocycles. The molecule has 0 N–H and O–H groups in total. The molecule has 0 spiro atoms. The number of carbonyl (C=O) groups is 3. The Morgan fingerprint density at radius 3 is 0.899 bits per heavy atom. The smallest absolute Gasteiger partial charge is 0.306 e. The molecule has 0 bridgehead atoms. The zero-order valence-corrected chi connectivity index (χ0v) is 45.3. The highest BCUT2D eigenvalue weighted by Gasteiger charge is 2.19. The molecule has 0 aromatic carbocycles. The van der Waals surface area contributed by atoms with Crippen molar-refractivity contribution in [3.05, 3.63) is 85.1 Å². The molecule has 0 aromatic rings. The van der Waals surface area contributed by atoms with E-state index in [1.807, 2.05) is 0 Å². The van der Waals surface area contributed by atoms with Gasteiger partial charge in [0.15, 0.2) is 6.10 Å². The summed E-state index contributed by atoms with van der Waals surface area (Å²) < 4.78 is 16.8. The minimum atomic E-state index is -0.785. The molecule has 0 amide bonds. The maximum Gasteiger partial charge on any atom is 0.306 e. The highest BCUT2D eigenvalue weighted by atomic mass is 16.6. The molecule has 0 aliphatic rings. The Morgan fingerprint density at radius 1 is 0.304 bits per heavy atom. The maximum absolute atomic E-state index is 12.8. The maximum atomic E-state index is 12.8. The fourth-order valence-corrected chi connectivity index (χ4v) is 8.03. The van der Waals surface area contributed by atoms with Crippen molar-refractivity contribution in [3.63, 3.8) is 0 Å². The van der Waals surface area contributed by atoms with Crippen LogP contribution in [0.3, 0.4) is 0 Å². The third-order valence-corrected chi connectivity index (χ3v) is 12.4. The van der Waals surface area contributed by atoms with E-state index in [2.05, 4.69) is 106 Å². The first-order valence-electron chi connectivity index (χ1n) is 29.1. The Labute approximate surface area is 426 Å². The van der Waals surface area contributed by atoms with Crippen molar-refractivity contribution in [2.24, 2.45) is 0 Å². The quantitative estimate of drug-likeness (QED) is 0.0262. The van der Waals surface area contributed by atoms with Gasteiger partial charge < -0.3 is 14.2 Å². The summed E-state index contributed by atoms with van der Waals surface area (Å²) in [5, 5.41) is 0. The summed E-state index contributed by atoms with van der Waals surface area (Å²) in [5.41, 5.74) is 0. The lowest BCUT2D eigenvalue weighted by Crippen LogP contribution is -2.30. The van der Waals surface area contributed by atoms with E-state index < -0.39 is 6.10 Å². The lowest BCUT2D eigenvalue weighted by atomic mass is 10.1. The molecule has 1 unspecified atom stereocenters. The Morgan fingerprint density at radius 2 is 0.565 bits per heavy atom. The molecular formula is C63H108O6. The van der Waals surface area contributed by atoms with Gasteiger partial charge in [-0.15, -0.1) is 0 Å². The van der Waals surface area contributed by atoms with Gasteiger partial charge in [-0.05, 0) is 96.3 Å². The number of allylic oxidation sites excluding steroid dienone is 14. The molecule has 396 valence electrons. The van der Waals surface area contributed by atoms with Gasteiger partial charge in [-0.1, -0.05) is 247 Å². The van der Waals surface area contributed by atoms with Crippen molar-refractivity contribution in [1.82, 2.24) is 0 Å². The number of hydrogen-bond donors (Lipinski definition) is 0. The van der Waals surface area contributed by atoms with E-state index in [4.69, 9.17) is 14.2 Å². The molecule has 1 atom stereocenters. The average molecular weight is 962 g/mol. The molecule has 0 radical (unpaired) electrons. The van der Waals surface area contributed by atoms with Crippen LogP contribution in [-0.2, 0) is 28.6 Å². The Bertz CT molecular complexity index is 1330. The third kappa shape index (κ3) is 55.4. The summed E-state index contributed by atoms with van der Waals surface area (Å²) in [6.07, 6.45) is 74.3. The molecule has 0 aliphatic heterocycles. The lowest BCUT2D eigenvalue weighted by Gasteiger charge is -2.18. The van der Waals surface area contributed by atoms with Crippen molar-refractivity contribution in [2.75, 3.05) is 13.2 Å². The Hall–Kier alpha value is -3.41. The summed E-state index contributed by atoms with van der Waals surface area (Å²) in [6, 6.07) is 0. The molecule has 0 aliphatic carbocycles. The molecular weight excluding hydrogens is 853 g/mol. The topological polar surface area (TPSA) is 78.9 Å². The normalized spacial score (nSPS) is 12.7. The number of ether oxygens (including phenoxy) is 3. The third-order valence-electron chi connectivity index (χ3n) is 12.4. The van der Waals surface area contributed by atoms with Crippen molar-refractivity contribution in [3.8, 4) is 0 Å². The van der Waals surface area contributed by atoms with Gasteiger partial charge in [-0.25, -0.2) is 0 Å². The van der Waals surface area contributed by atoms with Gasteiger partial charge in [0.25, 0.3) is 0 Å². The number of rotatable bonds is 52. The van der Waals surface area contributed by atoms with Crippen molar-refractivity contribution < 1.29 is 28.6 Å². The van der Waals surface area contributed by atoms with E-state index in [0.29, 0.717) is 19.3 Å². The van der Waals surface area contributed by atoms with Crippen LogP contribution < -0.4 is 0 Å². The molecule has 0 saturated heterocycles. The highest BCUT2D eigenvalue weighted by molar-refractivity contribution is 5.71. The van der Waals surface area contributed by atoms with Crippen LogP contribution in [0, 0.1) is 0 Å². The largest absolute Gasteiger partial charge is 0.462 e. The predicted octanol–water partition coefficient (Wildman–Crippen LogP) is 19.5. The van der Waals surface area contributed by atoms with Crippen LogP contribution in [0.5, 0.6) is 0 Å². The zero-order valence-electron chi connectivity index (χ0n) is 45.3. The van der Waals surface area contributed by atoms with Gasteiger partial charge in [0.2, 0.25) is 0 Å². The van der Waals surface area contributed by atoms with E-state index in [1.165, 1.54) is 116 Å². The van der Waals surface area contributed by atoms with Crippen LogP contribution in [0.25, 0.3) is 0 Å². The van der Waals surface area contributed by atoms with Crippen LogP contribution >= 0.6 is 0 Å². The summed E-state index contributed by atoms with van der Waals surface area (Å²) in [5.74, 6) is -0.901. The average Bonchev–Trinajstić information content (AvgIpc) is 3.35. The molecule has 0 fully saturated rings. The molecule has 0 rings (SSSR count). The first-order chi connectivity index (χ1) is 34.0. The molecule has 6 heteroatoms. The lowest BCUT2D eigenvalue weighted by molar-refractivity contribution is -0.167. The van der Waals surface area contributed by atoms with Gasteiger partial charge in [-0.2, -0.15) is 0 Å². The monoisotopic (exact) mass is 961 g/mol. The number of hydrogen-bond acceptors (Lipinski definition) is 6. The van der Waals surface area contributed by atoms with Gasteiger partial charge in [0, 0.05) is 19.3 Å². The van der Waals surface area contributed by atoms with Crippen LogP contribution in [-0.4, -0.2) is 37.2 Å². The number of esters is 3. The first kappa shape index (κ1) is 65.6. The van der Waals surface area contributed by atoms with Gasteiger partial charge in [0.1, 0.15) is 13.2 Å². The van der Waals surface area contributed by atoms with E-state index >= 15 is 0 Å². The van der Waals surface area contributed by atoms with E-state index in [-0.39, 0.29) is 31.1 Å². The highest BCUT2D eigenvalue weighted by Crippen LogP contribution is 2.15. The second-order valence-electron chi connectivity index (χ2n) is 19.2. The molecule has 69 heavy (non-hydrogen) atoms. The summed E-state index contributed by atoms with van der Waals surface area (Å²) in [4.78, 5) is 38.1.